The first-order valence-electron chi connectivity index (χ1n) is 7.87. The summed E-state index contributed by atoms with van der Waals surface area (Å²) in [7, 11) is 0. The summed E-state index contributed by atoms with van der Waals surface area (Å²) in [5.74, 6) is 0.331. The molecule has 25 heavy (non-hydrogen) atoms. The molecule has 0 radical (unpaired) electrons. The molecule has 2 heterocycles. The molecule has 0 bridgehead atoms. The summed E-state index contributed by atoms with van der Waals surface area (Å²) in [5, 5.41) is 7.89. The number of thiocarbonyl (C=S) groups is 1. The number of aromatic nitrogens is 2. The van der Waals surface area contributed by atoms with Crippen LogP contribution in [-0.4, -0.2) is 27.4 Å². The van der Waals surface area contributed by atoms with Gasteiger partial charge in [-0.3, -0.25) is 9.48 Å². The normalized spacial score (nSPS) is 15.8. The second kappa shape index (κ2) is 7.25. The molecule has 130 valence electrons. The van der Waals surface area contributed by atoms with E-state index in [1.54, 1.807) is 29.1 Å². The van der Waals surface area contributed by atoms with Crippen molar-refractivity contribution < 1.29 is 9.53 Å². The minimum absolute atomic E-state index is 0.267. The number of nitrogens with zero attached hydrogens (tertiary/aromatic N) is 3. The van der Waals surface area contributed by atoms with E-state index >= 15 is 0 Å². The Kier molecular flexibility index (Phi) is 5.06. The van der Waals surface area contributed by atoms with Gasteiger partial charge in [0.05, 0.1) is 29.2 Å². The number of aryl methyl sites for hydroxylation is 1. The lowest BCUT2D eigenvalue weighted by molar-refractivity contribution is -0.113. The summed E-state index contributed by atoms with van der Waals surface area (Å²) in [4.78, 5) is 14.3. The number of anilines is 1. The van der Waals surface area contributed by atoms with Gasteiger partial charge in [0.1, 0.15) is 11.4 Å². The number of hydrogen-bond acceptors (Lipinski definition) is 4. The summed E-state index contributed by atoms with van der Waals surface area (Å²) in [5.41, 5.74) is 1.60. The van der Waals surface area contributed by atoms with Gasteiger partial charge in [-0.2, -0.15) is 5.10 Å². The van der Waals surface area contributed by atoms with Crippen LogP contribution in [0.15, 0.2) is 36.2 Å². The van der Waals surface area contributed by atoms with Crippen LogP contribution in [0.5, 0.6) is 5.75 Å². The van der Waals surface area contributed by atoms with E-state index in [2.05, 4.69) is 10.4 Å². The summed E-state index contributed by atoms with van der Waals surface area (Å²) in [6.45, 7) is 4.97. The number of hydrogen-bond donors (Lipinski definition) is 1. The Morgan fingerprint density at radius 1 is 1.36 bits per heavy atom. The Morgan fingerprint density at radius 3 is 2.84 bits per heavy atom. The monoisotopic (exact) mass is 376 g/mol. The average Bonchev–Trinajstić information content (AvgIpc) is 3.09. The standard InChI is InChI=1S/C17H17ClN4O2S/c1-3-21-14(11(18)10-19-21)9-12-16(23)22(17(25)20-12)13-7-5-6-8-15(13)24-4-2/h5-10H,3-4H2,1-2H3,(H,20,25)/b12-9+. The van der Waals surface area contributed by atoms with Crippen LogP contribution in [0.4, 0.5) is 5.69 Å². The zero-order valence-corrected chi connectivity index (χ0v) is 15.4. The van der Waals surface area contributed by atoms with Gasteiger partial charge in [-0.05, 0) is 44.3 Å². The first-order chi connectivity index (χ1) is 12.1. The van der Waals surface area contributed by atoms with Crippen molar-refractivity contribution in [2.24, 2.45) is 0 Å². The van der Waals surface area contributed by atoms with Crippen LogP contribution >= 0.6 is 23.8 Å². The second-order valence-corrected chi connectivity index (χ2v) is 6.02. The number of halogens is 1. The van der Waals surface area contributed by atoms with Gasteiger partial charge in [0.2, 0.25) is 0 Å². The molecule has 0 aliphatic carbocycles. The van der Waals surface area contributed by atoms with E-state index in [9.17, 15) is 4.79 Å². The number of nitrogens with one attached hydrogen (secondary N) is 1. The first kappa shape index (κ1) is 17.4. The van der Waals surface area contributed by atoms with Crippen LogP contribution in [0.2, 0.25) is 5.02 Å². The maximum atomic E-state index is 12.9. The van der Waals surface area contributed by atoms with Crippen LogP contribution in [0.25, 0.3) is 6.08 Å². The number of ether oxygens (including phenoxy) is 1. The number of carbonyl (C=O) groups excluding carboxylic acids is 1. The van der Waals surface area contributed by atoms with Crippen molar-refractivity contribution in [1.29, 1.82) is 0 Å². The molecule has 1 aromatic carbocycles. The van der Waals surface area contributed by atoms with E-state index in [1.165, 1.54) is 4.90 Å². The average molecular weight is 377 g/mol. The molecular weight excluding hydrogens is 360 g/mol. The van der Waals surface area contributed by atoms with E-state index in [0.29, 0.717) is 46.1 Å². The van der Waals surface area contributed by atoms with Crippen molar-refractivity contribution in [1.82, 2.24) is 15.1 Å². The molecule has 0 unspecified atom stereocenters. The van der Waals surface area contributed by atoms with Crippen molar-refractivity contribution >= 4 is 46.6 Å². The fraction of sp³-hybridized carbons (Fsp3) is 0.235. The van der Waals surface area contributed by atoms with E-state index in [0.717, 1.165) is 0 Å². The molecule has 3 rings (SSSR count). The van der Waals surface area contributed by atoms with Crippen LogP contribution in [-0.2, 0) is 11.3 Å². The van der Waals surface area contributed by atoms with E-state index in [4.69, 9.17) is 28.6 Å². The predicted octanol–water partition coefficient (Wildman–Crippen LogP) is 3.22. The molecule has 1 aliphatic rings. The number of rotatable bonds is 5. The molecule has 6 nitrogen and oxygen atoms in total. The quantitative estimate of drug-likeness (QED) is 0.641. The second-order valence-electron chi connectivity index (χ2n) is 5.22. The highest BCUT2D eigenvalue weighted by atomic mass is 35.5. The molecular formula is C17H17ClN4O2S. The highest BCUT2D eigenvalue weighted by Gasteiger charge is 2.34. The van der Waals surface area contributed by atoms with Crippen LogP contribution in [0.1, 0.15) is 19.5 Å². The molecule has 0 atom stereocenters. The zero-order chi connectivity index (χ0) is 18.0. The van der Waals surface area contributed by atoms with Crippen LogP contribution in [0, 0.1) is 0 Å². The number of amides is 1. The maximum Gasteiger partial charge on any atom is 0.281 e. The molecule has 0 spiro atoms. The molecule has 8 heteroatoms. The Balaban J connectivity index is 1.99. The number of benzene rings is 1. The minimum Gasteiger partial charge on any atom is -0.492 e. The van der Waals surface area contributed by atoms with Crippen LogP contribution < -0.4 is 15.0 Å². The highest BCUT2D eigenvalue weighted by molar-refractivity contribution is 7.80. The Morgan fingerprint density at radius 2 is 2.12 bits per heavy atom. The highest BCUT2D eigenvalue weighted by Crippen LogP contribution is 2.32. The summed E-state index contributed by atoms with van der Waals surface area (Å²) in [6, 6.07) is 7.28. The van der Waals surface area contributed by atoms with Gasteiger partial charge in [-0.1, -0.05) is 23.7 Å². The van der Waals surface area contributed by atoms with E-state index in [1.807, 2.05) is 26.0 Å². The molecule has 1 aromatic heterocycles. The van der Waals surface area contributed by atoms with E-state index < -0.39 is 0 Å². The number of para-hydroxylation sites is 2. The molecule has 2 aromatic rings. The zero-order valence-electron chi connectivity index (χ0n) is 13.8. The van der Waals surface area contributed by atoms with Gasteiger partial charge in [0.25, 0.3) is 5.91 Å². The Hall–Kier alpha value is -2.38. The molecule has 1 fully saturated rings. The Labute approximate surface area is 156 Å². The molecule has 1 amide bonds. The molecule has 1 N–H and O–H groups in total. The number of carbonyl (C=O) groups is 1. The predicted molar refractivity (Wildman–Crippen MR) is 102 cm³/mol. The summed E-state index contributed by atoms with van der Waals surface area (Å²) >= 11 is 11.5. The van der Waals surface area contributed by atoms with Gasteiger partial charge >= 0.3 is 0 Å². The van der Waals surface area contributed by atoms with Crippen molar-refractivity contribution in [3.05, 3.63) is 46.9 Å². The van der Waals surface area contributed by atoms with Crippen molar-refractivity contribution in [2.75, 3.05) is 11.5 Å². The smallest absolute Gasteiger partial charge is 0.281 e. The lowest BCUT2D eigenvalue weighted by Crippen LogP contribution is -2.30. The Bertz CT molecular complexity index is 862. The lowest BCUT2D eigenvalue weighted by atomic mass is 10.2. The van der Waals surface area contributed by atoms with Gasteiger partial charge in [-0.15, -0.1) is 0 Å². The van der Waals surface area contributed by atoms with Crippen molar-refractivity contribution in [2.45, 2.75) is 20.4 Å². The largest absolute Gasteiger partial charge is 0.492 e. The van der Waals surface area contributed by atoms with Gasteiger partial charge in [-0.25, -0.2) is 4.90 Å². The van der Waals surface area contributed by atoms with Gasteiger partial charge in [0.15, 0.2) is 5.11 Å². The molecule has 1 aliphatic heterocycles. The van der Waals surface area contributed by atoms with Gasteiger partial charge < -0.3 is 10.1 Å². The SMILES string of the molecule is CCOc1ccccc1N1C(=O)/C(=C\c2c(Cl)cnn2CC)NC1=S. The summed E-state index contributed by atoms with van der Waals surface area (Å²) < 4.78 is 7.32. The fourth-order valence-electron chi connectivity index (χ4n) is 2.58. The maximum absolute atomic E-state index is 12.9. The van der Waals surface area contributed by atoms with Crippen LogP contribution in [0.3, 0.4) is 0 Å². The third kappa shape index (κ3) is 3.25. The van der Waals surface area contributed by atoms with Gasteiger partial charge in [0, 0.05) is 6.54 Å². The fourth-order valence-corrected chi connectivity index (χ4v) is 3.06. The van der Waals surface area contributed by atoms with Crippen molar-refractivity contribution in [3.63, 3.8) is 0 Å². The third-order valence-corrected chi connectivity index (χ3v) is 4.27. The minimum atomic E-state index is -0.267. The third-order valence-electron chi connectivity index (χ3n) is 3.70. The topological polar surface area (TPSA) is 59.4 Å². The lowest BCUT2D eigenvalue weighted by Gasteiger charge is -2.17. The van der Waals surface area contributed by atoms with E-state index in [-0.39, 0.29) is 5.91 Å². The van der Waals surface area contributed by atoms with Crippen molar-refractivity contribution in [3.8, 4) is 5.75 Å². The first-order valence-corrected chi connectivity index (χ1v) is 8.65. The molecule has 0 saturated carbocycles. The summed E-state index contributed by atoms with van der Waals surface area (Å²) in [6.07, 6.45) is 3.22. The molecule has 1 saturated heterocycles.